The van der Waals surface area contributed by atoms with Gasteiger partial charge in [-0.05, 0) is 47.8 Å². The van der Waals surface area contributed by atoms with Gasteiger partial charge in [0.2, 0.25) is 0 Å². The van der Waals surface area contributed by atoms with E-state index in [4.69, 9.17) is 10.2 Å². The monoisotopic (exact) mass is 243 g/mol. The van der Waals surface area contributed by atoms with Crippen LogP contribution in [0.2, 0.25) is 0 Å². The first-order valence-electron chi connectivity index (χ1n) is 4.71. The summed E-state index contributed by atoms with van der Waals surface area (Å²) in [6, 6.07) is 2.08. The highest BCUT2D eigenvalue weighted by Crippen LogP contribution is 2.47. The maximum Gasteiger partial charge on any atom is 0.111 e. The van der Waals surface area contributed by atoms with Crippen molar-refractivity contribution in [1.82, 2.24) is 0 Å². The van der Waals surface area contributed by atoms with E-state index in [9.17, 15) is 0 Å². The van der Waals surface area contributed by atoms with Gasteiger partial charge in [0.15, 0.2) is 0 Å². The predicted molar refractivity (Wildman–Crippen MR) is 55.6 cm³/mol. The molecule has 0 atom stereocenters. The van der Waals surface area contributed by atoms with Gasteiger partial charge in [-0.1, -0.05) is 6.42 Å². The molecule has 3 heteroatoms. The summed E-state index contributed by atoms with van der Waals surface area (Å²) in [5.74, 6) is 1.11. The quantitative estimate of drug-likeness (QED) is 0.887. The van der Waals surface area contributed by atoms with Crippen molar-refractivity contribution < 1.29 is 4.42 Å². The third-order valence-corrected chi connectivity index (χ3v) is 3.44. The van der Waals surface area contributed by atoms with Crippen molar-refractivity contribution in [2.75, 3.05) is 6.54 Å². The standard InChI is InChI=1S/C10H14BrNO/c11-8-6-9(13-7-8)10(4-5-12)2-1-3-10/h6-7H,1-5,12H2. The highest BCUT2D eigenvalue weighted by atomic mass is 79.9. The zero-order valence-corrected chi connectivity index (χ0v) is 9.14. The summed E-state index contributed by atoms with van der Waals surface area (Å²) in [5.41, 5.74) is 5.88. The summed E-state index contributed by atoms with van der Waals surface area (Å²) in [6.45, 7) is 0.748. The zero-order valence-electron chi connectivity index (χ0n) is 7.55. The number of rotatable bonds is 3. The Hall–Kier alpha value is -0.280. The van der Waals surface area contributed by atoms with Crippen molar-refractivity contribution in [2.45, 2.75) is 31.1 Å². The maximum atomic E-state index is 5.61. The molecule has 1 heterocycles. The van der Waals surface area contributed by atoms with E-state index >= 15 is 0 Å². The Morgan fingerprint density at radius 2 is 2.31 bits per heavy atom. The maximum absolute atomic E-state index is 5.61. The Morgan fingerprint density at radius 1 is 1.54 bits per heavy atom. The van der Waals surface area contributed by atoms with Crippen molar-refractivity contribution in [2.24, 2.45) is 5.73 Å². The second kappa shape index (κ2) is 3.46. The van der Waals surface area contributed by atoms with Gasteiger partial charge in [-0.25, -0.2) is 0 Å². The molecule has 1 fully saturated rings. The van der Waals surface area contributed by atoms with Crippen LogP contribution in [0, 0.1) is 0 Å². The molecule has 1 aromatic heterocycles. The van der Waals surface area contributed by atoms with Crippen molar-refractivity contribution in [1.29, 1.82) is 0 Å². The molecule has 1 saturated carbocycles. The summed E-state index contributed by atoms with van der Waals surface area (Å²) in [7, 11) is 0. The van der Waals surface area contributed by atoms with E-state index in [1.165, 1.54) is 19.3 Å². The molecule has 0 aliphatic heterocycles. The Bertz CT molecular complexity index is 291. The molecule has 1 aliphatic carbocycles. The molecule has 2 rings (SSSR count). The smallest absolute Gasteiger partial charge is 0.111 e. The van der Waals surface area contributed by atoms with Crippen LogP contribution in [0.5, 0.6) is 0 Å². The fourth-order valence-corrected chi connectivity index (χ4v) is 2.39. The highest BCUT2D eigenvalue weighted by molar-refractivity contribution is 9.10. The van der Waals surface area contributed by atoms with Crippen molar-refractivity contribution in [3.8, 4) is 0 Å². The van der Waals surface area contributed by atoms with Crippen molar-refractivity contribution in [3.05, 3.63) is 22.6 Å². The third-order valence-electron chi connectivity index (χ3n) is 3.02. The first-order valence-corrected chi connectivity index (χ1v) is 5.51. The second-order valence-corrected chi connectivity index (χ2v) is 4.72. The van der Waals surface area contributed by atoms with Gasteiger partial charge >= 0.3 is 0 Å². The SMILES string of the molecule is NCCC1(c2cc(Br)co2)CCC1. The molecule has 2 nitrogen and oxygen atoms in total. The van der Waals surface area contributed by atoms with Crippen LogP contribution in [-0.2, 0) is 5.41 Å². The minimum absolute atomic E-state index is 0.265. The summed E-state index contributed by atoms with van der Waals surface area (Å²) in [6.07, 6.45) is 6.56. The van der Waals surface area contributed by atoms with Crippen LogP contribution in [0.25, 0.3) is 0 Å². The van der Waals surface area contributed by atoms with Crippen molar-refractivity contribution in [3.63, 3.8) is 0 Å². The minimum atomic E-state index is 0.265. The molecule has 0 amide bonds. The Labute approximate surface area is 86.6 Å². The van der Waals surface area contributed by atoms with Gasteiger partial charge in [0, 0.05) is 5.41 Å². The molecule has 0 aromatic carbocycles. The molecule has 2 N–H and O–H groups in total. The summed E-state index contributed by atoms with van der Waals surface area (Å²) in [5, 5.41) is 0. The highest BCUT2D eigenvalue weighted by Gasteiger charge is 2.40. The number of hydrogen-bond donors (Lipinski definition) is 1. The Morgan fingerprint density at radius 3 is 2.69 bits per heavy atom. The Kier molecular flexibility index (Phi) is 2.47. The van der Waals surface area contributed by atoms with Crippen LogP contribution in [0.4, 0.5) is 0 Å². The lowest BCUT2D eigenvalue weighted by molar-refractivity contribution is 0.188. The lowest BCUT2D eigenvalue weighted by Crippen LogP contribution is -2.35. The van der Waals surface area contributed by atoms with Crippen molar-refractivity contribution >= 4 is 15.9 Å². The summed E-state index contributed by atoms with van der Waals surface area (Å²) in [4.78, 5) is 0. The fraction of sp³-hybridized carbons (Fsp3) is 0.600. The van der Waals surface area contributed by atoms with Gasteiger partial charge < -0.3 is 10.2 Å². The summed E-state index contributed by atoms with van der Waals surface area (Å²) >= 11 is 3.40. The molecule has 0 radical (unpaired) electrons. The minimum Gasteiger partial charge on any atom is -0.468 e. The van der Waals surface area contributed by atoms with E-state index in [0.29, 0.717) is 0 Å². The number of nitrogens with two attached hydrogens (primary N) is 1. The van der Waals surface area contributed by atoms with Gasteiger partial charge in [0.1, 0.15) is 12.0 Å². The van der Waals surface area contributed by atoms with Crippen LogP contribution < -0.4 is 5.73 Å². The topological polar surface area (TPSA) is 39.2 Å². The second-order valence-electron chi connectivity index (χ2n) is 3.80. The molecule has 0 spiro atoms. The Balaban J connectivity index is 2.21. The van der Waals surface area contributed by atoms with Crippen LogP contribution >= 0.6 is 15.9 Å². The third kappa shape index (κ3) is 1.55. The van der Waals surface area contributed by atoms with Gasteiger partial charge in [-0.2, -0.15) is 0 Å². The van der Waals surface area contributed by atoms with E-state index in [1.807, 2.05) is 0 Å². The molecule has 13 heavy (non-hydrogen) atoms. The van der Waals surface area contributed by atoms with Gasteiger partial charge in [0.25, 0.3) is 0 Å². The average Bonchev–Trinajstić information content (AvgIpc) is 2.44. The van der Waals surface area contributed by atoms with Gasteiger partial charge in [-0.15, -0.1) is 0 Å². The first kappa shape index (κ1) is 9.28. The molecular weight excluding hydrogens is 230 g/mol. The largest absolute Gasteiger partial charge is 0.468 e. The first-order chi connectivity index (χ1) is 6.27. The van der Waals surface area contributed by atoms with Crippen LogP contribution in [0.15, 0.2) is 21.2 Å². The van der Waals surface area contributed by atoms with Crippen LogP contribution in [0.3, 0.4) is 0 Å². The zero-order chi connectivity index (χ0) is 9.31. The lowest BCUT2D eigenvalue weighted by atomic mass is 9.65. The van der Waals surface area contributed by atoms with E-state index in [1.54, 1.807) is 6.26 Å². The number of halogens is 1. The van der Waals surface area contributed by atoms with E-state index in [-0.39, 0.29) is 5.41 Å². The molecule has 0 saturated heterocycles. The average molecular weight is 244 g/mol. The molecule has 1 aliphatic rings. The predicted octanol–water partition coefficient (Wildman–Crippen LogP) is 2.81. The normalized spacial score (nSPS) is 19.8. The molecule has 72 valence electrons. The van der Waals surface area contributed by atoms with E-state index in [0.717, 1.165) is 23.2 Å². The fourth-order valence-electron chi connectivity index (χ4n) is 2.09. The molecule has 1 aromatic rings. The van der Waals surface area contributed by atoms with Crippen LogP contribution in [-0.4, -0.2) is 6.54 Å². The molecule has 0 bridgehead atoms. The van der Waals surface area contributed by atoms with Gasteiger partial charge in [0.05, 0.1) is 4.47 Å². The lowest BCUT2D eigenvalue weighted by Gasteiger charge is -2.39. The molecule has 0 unspecified atom stereocenters. The van der Waals surface area contributed by atoms with Crippen LogP contribution in [0.1, 0.15) is 31.4 Å². The number of furan rings is 1. The van der Waals surface area contributed by atoms with E-state index in [2.05, 4.69) is 22.0 Å². The van der Waals surface area contributed by atoms with E-state index < -0.39 is 0 Å². The molecular formula is C10H14BrNO. The summed E-state index contributed by atoms with van der Waals surface area (Å²) < 4.78 is 6.55. The number of hydrogen-bond acceptors (Lipinski definition) is 2. The van der Waals surface area contributed by atoms with Gasteiger partial charge in [-0.3, -0.25) is 0 Å².